The molecule has 0 saturated heterocycles. The lowest BCUT2D eigenvalue weighted by Crippen LogP contribution is -2.17. The molecule has 1 N–H and O–H groups in total. The van der Waals surface area contributed by atoms with Crippen LogP contribution >= 0.6 is 0 Å². The highest BCUT2D eigenvalue weighted by molar-refractivity contribution is 6.02. The number of hydrogen-bond acceptors (Lipinski definition) is 4. The molecule has 2 aromatic carbocycles. The number of carbonyl (C=O) groups excluding carboxylic acids is 1. The fourth-order valence-corrected chi connectivity index (χ4v) is 2.08. The molecule has 2 rings (SSSR count). The van der Waals surface area contributed by atoms with E-state index < -0.39 is 18.0 Å². The van der Waals surface area contributed by atoms with Gasteiger partial charge in [-0.1, -0.05) is 6.07 Å². The minimum atomic E-state index is -4.80. The third kappa shape index (κ3) is 5.73. The number of amides is 1. The van der Waals surface area contributed by atoms with Gasteiger partial charge in [0.1, 0.15) is 17.2 Å². The molecule has 0 bridgehead atoms. The Hall–Kier alpha value is -3.16. The monoisotopic (exact) mass is 367 g/mol. The van der Waals surface area contributed by atoms with Crippen LogP contribution < -0.4 is 19.5 Å². The second-order valence-electron chi connectivity index (χ2n) is 5.01. The molecule has 0 saturated carbocycles. The molecule has 5 nitrogen and oxygen atoms in total. The lowest BCUT2D eigenvalue weighted by atomic mass is 10.1. The molecule has 0 aromatic heterocycles. The predicted molar refractivity (Wildman–Crippen MR) is 90.3 cm³/mol. The summed E-state index contributed by atoms with van der Waals surface area (Å²) in [6, 6.07) is 10.1. The van der Waals surface area contributed by atoms with Crippen LogP contribution in [0.15, 0.2) is 48.5 Å². The maximum absolute atomic E-state index is 12.2. The number of alkyl halides is 3. The van der Waals surface area contributed by atoms with Gasteiger partial charge in [-0.3, -0.25) is 4.79 Å². The smallest absolute Gasteiger partial charge is 0.497 e. The van der Waals surface area contributed by atoms with Crippen LogP contribution in [0.3, 0.4) is 0 Å². The summed E-state index contributed by atoms with van der Waals surface area (Å²) >= 11 is 0. The van der Waals surface area contributed by atoms with Crippen LogP contribution in [-0.2, 0) is 4.79 Å². The summed E-state index contributed by atoms with van der Waals surface area (Å²) in [6.07, 6.45) is -2.04. The first-order valence-electron chi connectivity index (χ1n) is 7.37. The molecule has 8 heteroatoms. The van der Waals surface area contributed by atoms with E-state index in [0.29, 0.717) is 17.1 Å². The lowest BCUT2D eigenvalue weighted by molar-refractivity contribution is -0.274. The number of carbonyl (C=O) groups is 1. The zero-order valence-corrected chi connectivity index (χ0v) is 14.0. The van der Waals surface area contributed by atoms with Gasteiger partial charge < -0.3 is 19.5 Å². The van der Waals surface area contributed by atoms with Gasteiger partial charge in [-0.15, -0.1) is 13.2 Å². The van der Waals surface area contributed by atoms with Gasteiger partial charge in [0.05, 0.1) is 14.2 Å². The lowest BCUT2D eigenvalue weighted by Gasteiger charge is -2.10. The van der Waals surface area contributed by atoms with Crippen LogP contribution in [0.25, 0.3) is 6.08 Å². The SMILES string of the molecule is COc1ccc(/C=C/C(=O)Nc2cccc(OC(F)(F)F)c2)c(OC)c1. The fourth-order valence-electron chi connectivity index (χ4n) is 2.08. The Morgan fingerprint density at radius 1 is 1.04 bits per heavy atom. The number of halogens is 3. The molecule has 0 spiro atoms. The second-order valence-corrected chi connectivity index (χ2v) is 5.01. The molecule has 0 radical (unpaired) electrons. The van der Waals surface area contributed by atoms with Crippen molar-refractivity contribution in [2.75, 3.05) is 19.5 Å². The number of rotatable bonds is 6. The highest BCUT2D eigenvalue weighted by Gasteiger charge is 2.31. The summed E-state index contributed by atoms with van der Waals surface area (Å²) in [6.45, 7) is 0. The van der Waals surface area contributed by atoms with Crippen molar-refractivity contribution in [1.82, 2.24) is 0 Å². The first-order chi connectivity index (χ1) is 12.3. The van der Waals surface area contributed by atoms with E-state index in [1.807, 2.05) is 0 Å². The summed E-state index contributed by atoms with van der Waals surface area (Å²) in [7, 11) is 3.01. The number of methoxy groups -OCH3 is 2. The third-order valence-corrected chi connectivity index (χ3v) is 3.19. The number of hydrogen-bond donors (Lipinski definition) is 1. The molecule has 0 heterocycles. The van der Waals surface area contributed by atoms with Crippen molar-refractivity contribution in [3.05, 3.63) is 54.1 Å². The Balaban J connectivity index is 2.07. The van der Waals surface area contributed by atoms with E-state index in [4.69, 9.17) is 9.47 Å². The Morgan fingerprint density at radius 2 is 1.81 bits per heavy atom. The van der Waals surface area contributed by atoms with Crippen LogP contribution in [0.4, 0.5) is 18.9 Å². The van der Waals surface area contributed by atoms with E-state index in [1.54, 1.807) is 18.2 Å². The number of benzene rings is 2. The number of ether oxygens (including phenoxy) is 3. The second kappa shape index (κ2) is 8.28. The molecule has 26 heavy (non-hydrogen) atoms. The Labute approximate surface area is 148 Å². The normalized spacial score (nSPS) is 11.3. The molecule has 0 fully saturated rings. The molecule has 0 aliphatic carbocycles. The Bertz CT molecular complexity index is 803. The highest BCUT2D eigenvalue weighted by atomic mass is 19.4. The van der Waals surface area contributed by atoms with Crippen LogP contribution in [0.2, 0.25) is 0 Å². The minimum Gasteiger partial charge on any atom is -0.497 e. The molecule has 0 unspecified atom stereocenters. The Morgan fingerprint density at radius 3 is 2.46 bits per heavy atom. The van der Waals surface area contributed by atoms with Crippen LogP contribution in [0.1, 0.15) is 5.56 Å². The molecular formula is C18H16F3NO4. The Kier molecular flexibility index (Phi) is 6.11. The standard InChI is InChI=1S/C18H16F3NO4/c1-24-14-8-6-12(16(11-14)25-2)7-9-17(23)22-13-4-3-5-15(10-13)26-18(19,20)21/h3-11H,1-2H3,(H,22,23)/b9-7+. The van der Waals surface area contributed by atoms with Gasteiger partial charge >= 0.3 is 6.36 Å². The van der Waals surface area contributed by atoms with Crippen LogP contribution in [-0.4, -0.2) is 26.5 Å². The number of anilines is 1. The zero-order chi connectivity index (χ0) is 19.2. The van der Waals surface area contributed by atoms with Gasteiger partial charge in [-0.2, -0.15) is 0 Å². The van der Waals surface area contributed by atoms with Gasteiger partial charge in [0.25, 0.3) is 0 Å². The molecule has 1 amide bonds. The van der Waals surface area contributed by atoms with Gasteiger partial charge in [0.2, 0.25) is 5.91 Å². The van der Waals surface area contributed by atoms with Crippen molar-refractivity contribution in [3.63, 3.8) is 0 Å². The molecule has 0 aliphatic heterocycles. The maximum atomic E-state index is 12.2. The van der Waals surface area contributed by atoms with Crippen LogP contribution in [0.5, 0.6) is 17.2 Å². The van der Waals surface area contributed by atoms with Crippen molar-refractivity contribution >= 4 is 17.7 Å². The molecule has 2 aromatic rings. The highest BCUT2D eigenvalue weighted by Crippen LogP contribution is 2.26. The van der Waals surface area contributed by atoms with Gasteiger partial charge in [0.15, 0.2) is 0 Å². The first-order valence-corrected chi connectivity index (χ1v) is 7.37. The summed E-state index contributed by atoms with van der Waals surface area (Å²) < 4.78 is 50.8. The van der Waals surface area contributed by atoms with Crippen molar-refractivity contribution < 1.29 is 32.2 Å². The van der Waals surface area contributed by atoms with Crippen molar-refractivity contribution in [3.8, 4) is 17.2 Å². The summed E-state index contributed by atoms with van der Waals surface area (Å²) in [5, 5.41) is 2.46. The van der Waals surface area contributed by atoms with Crippen LogP contribution in [0, 0.1) is 0 Å². The summed E-state index contributed by atoms with van der Waals surface area (Å²) in [5.41, 5.74) is 0.806. The van der Waals surface area contributed by atoms with E-state index in [1.165, 1.54) is 38.5 Å². The minimum absolute atomic E-state index is 0.170. The van der Waals surface area contributed by atoms with Gasteiger partial charge in [-0.05, 0) is 30.3 Å². The largest absolute Gasteiger partial charge is 0.573 e. The third-order valence-electron chi connectivity index (χ3n) is 3.19. The average molecular weight is 367 g/mol. The maximum Gasteiger partial charge on any atom is 0.573 e. The number of nitrogens with one attached hydrogen (secondary N) is 1. The zero-order valence-electron chi connectivity index (χ0n) is 14.0. The quantitative estimate of drug-likeness (QED) is 0.776. The summed E-state index contributed by atoms with van der Waals surface area (Å²) in [4.78, 5) is 12.0. The van der Waals surface area contributed by atoms with Gasteiger partial charge in [0, 0.05) is 29.5 Å². The summed E-state index contributed by atoms with van der Waals surface area (Å²) in [5.74, 6) is 0.169. The van der Waals surface area contributed by atoms with E-state index in [-0.39, 0.29) is 5.69 Å². The van der Waals surface area contributed by atoms with Gasteiger partial charge in [-0.25, -0.2) is 0 Å². The fraction of sp³-hybridized carbons (Fsp3) is 0.167. The van der Waals surface area contributed by atoms with Crippen molar-refractivity contribution in [1.29, 1.82) is 0 Å². The molecule has 0 aliphatic rings. The molecule has 0 atom stereocenters. The van der Waals surface area contributed by atoms with Crippen molar-refractivity contribution in [2.24, 2.45) is 0 Å². The van der Waals surface area contributed by atoms with E-state index >= 15 is 0 Å². The predicted octanol–water partition coefficient (Wildman–Crippen LogP) is 4.25. The van der Waals surface area contributed by atoms with E-state index in [9.17, 15) is 18.0 Å². The first kappa shape index (κ1) is 19.2. The molecule has 138 valence electrons. The topological polar surface area (TPSA) is 56.8 Å². The van der Waals surface area contributed by atoms with E-state index in [0.717, 1.165) is 12.1 Å². The van der Waals surface area contributed by atoms with E-state index in [2.05, 4.69) is 10.1 Å². The average Bonchev–Trinajstić information content (AvgIpc) is 2.58. The van der Waals surface area contributed by atoms with Crippen molar-refractivity contribution in [2.45, 2.75) is 6.36 Å². The molecular weight excluding hydrogens is 351 g/mol.